The molecule has 1 saturated carbocycles. The summed E-state index contributed by atoms with van der Waals surface area (Å²) in [6.07, 6.45) is 3.54. The van der Waals surface area contributed by atoms with E-state index >= 15 is 0 Å². The van der Waals surface area contributed by atoms with Crippen molar-refractivity contribution in [1.29, 1.82) is 0 Å². The van der Waals surface area contributed by atoms with Crippen LogP contribution in [0.25, 0.3) is 0 Å². The molecule has 0 radical (unpaired) electrons. The second-order valence-corrected chi connectivity index (χ2v) is 10.9. The van der Waals surface area contributed by atoms with Crippen molar-refractivity contribution in [3.63, 3.8) is 0 Å². The van der Waals surface area contributed by atoms with Crippen LogP contribution in [0.3, 0.4) is 0 Å². The van der Waals surface area contributed by atoms with Crippen LogP contribution in [0.1, 0.15) is 73.1 Å². The fraction of sp³-hybridized carbons (Fsp3) is 0.704. The highest BCUT2D eigenvalue weighted by Gasteiger charge is 2.42. The van der Waals surface area contributed by atoms with Gasteiger partial charge in [0.05, 0.1) is 13.2 Å². The van der Waals surface area contributed by atoms with E-state index in [1.165, 1.54) is 0 Å². The molecule has 204 valence electrons. The van der Waals surface area contributed by atoms with E-state index in [2.05, 4.69) is 39.2 Å². The standard InChI is InChI=1S/C27H43NO8/c1-19(2)23(30)34-11-9-8-10-33-22(29)14-21-15-26(5,6)17-27(7,16-21)18-28-25(32)36-13-12-35-24(31)20(3)4/h21H,1,3,8-18H2,2,4-7H3,(H,28,32). The Bertz CT molecular complexity index is 819. The molecule has 1 N–H and O–H groups in total. The summed E-state index contributed by atoms with van der Waals surface area (Å²) in [5.41, 5.74) is 0.448. The Morgan fingerprint density at radius 2 is 1.33 bits per heavy atom. The lowest BCUT2D eigenvalue weighted by atomic mass is 9.60. The van der Waals surface area contributed by atoms with Crippen molar-refractivity contribution >= 4 is 24.0 Å². The lowest BCUT2D eigenvalue weighted by molar-refractivity contribution is -0.146. The Hall–Kier alpha value is -2.84. The molecule has 0 saturated heterocycles. The second-order valence-electron chi connectivity index (χ2n) is 10.9. The molecule has 1 amide bonds. The fourth-order valence-electron chi connectivity index (χ4n) is 4.83. The lowest BCUT2D eigenvalue weighted by Gasteiger charge is -2.46. The summed E-state index contributed by atoms with van der Waals surface area (Å²) in [6.45, 7) is 17.5. The van der Waals surface area contributed by atoms with Crippen LogP contribution in [0.5, 0.6) is 0 Å². The number of esters is 3. The van der Waals surface area contributed by atoms with Crippen molar-refractivity contribution in [3.8, 4) is 0 Å². The van der Waals surface area contributed by atoms with Gasteiger partial charge in [-0.1, -0.05) is 33.9 Å². The van der Waals surface area contributed by atoms with E-state index in [1.54, 1.807) is 13.8 Å². The summed E-state index contributed by atoms with van der Waals surface area (Å²) in [7, 11) is 0. The minimum atomic E-state index is -0.573. The zero-order valence-corrected chi connectivity index (χ0v) is 22.5. The normalized spacial score (nSPS) is 20.5. The SMILES string of the molecule is C=C(C)C(=O)OCCCCOC(=O)CC1CC(C)(C)CC(C)(CNC(=O)OCCOC(=O)C(=C)C)C1. The third-order valence-corrected chi connectivity index (χ3v) is 5.92. The smallest absolute Gasteiger partial charge is 0.407 e. The monoisotopic (exact) mass is 509 g/mol. The predicted octanol–water partition coefficient (Wildman–Crippen LogP) is 4.50. The number of hydrogen-bond donors (Lipinski definition) is 1. The van der Waals surface area contributed by atoms with Crippen molar-refractivity contribution in [2.45, 2.75) is 73.1 Å². The predicted molar refractivity (Wildman–Crippen MR) is 135 cm³/mol. The van der Waals surface area contributed by atoms with Crippen LogP contribution in [-0.2, 0) is 33.3 Å². The van der Waals surface area contributed by atoms with Gasteiger partial charge >= 0.3 is 24.0 Å². The Labute approximate surface area is 214 Å². The van der Waals surface area contributed by atoms with Gasteiger partial charge in [-0.2, -0.15) is 0 Å². The highest BCUT2D eigenvalue weighted by Crippen LogP contribution is 2.49. The van der Waals surface area contributed by atoms with E-state index in [1.807, 2.05) is 0 Å². The van der Waals surface area contributed by atoms with Crippen molar-refractivity contribution in [1.82, 2.24) is 5.32 Å². The molecule has 0 aromatic heterocycles. The van der Waals surface area contributed by atoms with Crippen LogP contribution >= 0.6 is 0 Å². The summed E-state index contributed by atoms with van der Waals surface area (Å²) in [5.74, 6) is -1.04. The molecule has 1 rings (SSSR count). The Morgan fingerprint density at radius 3 is 1.92 bits per heavy atom. The van der Waals surface area contributed by atoms with Crippen molar-refractivity contribution in [2.75, 3.05) is 33.0 Å². The molecule has 1 fully saturated rings. The number of amides is 1. The maximum Gasteiger partial charge on any atom is 0.407 e. The van der Waals surface area contributed by atoms with E-state index in [0.717, 1.165) is 19.3 Å². The summed E-state index contributed by atoms with van der Waals surface area (Å²) in [6, 6.07) is 0. The van der Waals surface area contributed by atoms with Gasteiger partial charge in [0.1, 0.15) is 13.2 Å². The number of unbranched alkanes of at least 4 members (excludes halogenated alkanes) is 1. The minimum Gasteiger partial charge on any atom is -0.466 e. The first-order valence-electron chi connectivity index (χ1n) is 12.4. The molecular weight excluding hydrogens is 466 g/mol. The average Bonchev–Trinajstić information content (AvgIpc) is 2.75. The number of nitrogens with one attached hydrogen (secondary N) is 1. The first-order chi connectivity index (χ1) is 16.7. The van der Waals surface area contributed by atoms with Gasteiger partial charge in [-0.3, -0.25) is 4.79 Å². The molecule has 0 aliphatic heterocycles. The molecule has 9 nitrogen and oxygen atoms in total. The Balaban J connectivity index is 2.39. The number of alkyl carbamates (subject to hydrolysis) is 1. The third kappa shape index (κ3) is 12.7. The largest absolute Gasteiger partial charge is 0.466 e. The average molecular weight is 510 g/mol. The van der Waals surface area contributed by atoms with Crippen LogP contribution in [-0.4, -0.2) is 57.0 Å². The molecule has 0 aromatic rings. The second kappa shape index (κ2) is 14.7. The summed E-state index contributed by atoms with van der Waals surface area (Å²) in [4.78, 5) is 47.2. The summed E-state index contributed by atoms with van der Waals surface area (Å²) in [5, 5.41) is 2.81. The van der Waals surface area contributed by atoms with E-state index in [9.17, 15) is 19.2 Å². The summed E-state index contributed by atoms with van der Waals surface area (Å²) >= 11 is 0. The molecule has 0 aromatic carbocycles. The van der Waals surface area contributed by atoms with Crippen LogP contribution in [0.15, 0.2) is 24.3 Å². The number of hydrogen-bond acceptors (Lipinski definition) is 8. The van der Waals surface area contributed by atoms with Gasteiger partial charge < -0.3 is 24.3 Å². The van der Waals surface area contributed by atoms with Gasteiger partial charge in [-0.05, 0) is 62.7 Å². The summed E-state index contributed by atoms with van der Waals surface area (Å²) < 4.78 is 20.4. The topological polar surface area (TPSA) is 117 Å². The molecule has 1 aliphatic carbocycles. The van der Waals surface area contributed by atoms with Gasteiger partial charge in [0.2, 0.25) is 0 Å². The van der Waals surface area contributed by atoms with Crippen molar-refractivity contribution < 1.29 is 38.1 Å². The van der Waals surface area contributed by atoms with E-state index < -0.39 is 18.0 Å². The van der Waals surface area contributed by atoms with Crippen molar-refractivity contribution in [3.05, 3.63) is 24.3 Å². The third-order valence-electron chi connectivity index (χ3n) is 5.92. The fourth-order valence-corrected chi connectivity index (χ4v) is 4.83. The van der Waals surface area contributed by atoms with Gasteiger partial charge in [-0.15, -0.1) is 0 Å². The zero-order valence-electron chi connectivity index (χ0n) is 22.5. The van der Waals surface area contributed by atoms with Crippen LogP contribution in [0, 0.1) is 16.7 Å². The van der Waals surface area contributed by atoms with Gasteiger partial charge in [0.25, 0.3) is 0 Å². The molecule has 2 atom stereocenters. The van der Waals surface area contributed by atoms with E-state index in [4.69, 9.17) is 18.9 Å². The molecule has 9 heteroatoms. The molecule has 0 spiro atoms. The van der Waals surface area contributed by atoms with Gasteiger partial charge in [0.15, 0.2) is 0 Å². The maximum atomic E-state index is 12.4. The van der Waals surface area contributed by atoms with Gasteiger partial charge in [0, 0.05) is 24.1 Å². The van der Waals surface area contributed by atoms with E-state index in [0.29, 0.717) is 31.4 Å². The minimum absolute atomic E-state index is 0.00738. The van der Waals surface area contributed by atoms with Crippen molar-refractivity contribution in [2.24, 2.45) is 16.7 Å². The molecule has 1 aliphatic rings. The first kappa shape index (κ1) is 31.2. The van der Waals surface area contributed by atoms with Crippen LogP contribution < -0.4 is 5.32 Å². The number of carbonyl (C=O) groups excluding carboxylic acids is 4. The first-order valence-corrected chi connectivity index (χ1v) is 12.4. The molecular formula is C27H43NO8. The molecule has 36 heavy (non-hydrogen) atoms. The van der Waals surface area contributed by atoms with Crippen LogP contribution in [0.4, 0.5) is 4.79 Å². The molecule has 0 bridgehead atoms. The number of carbonyl (C=O) groups is 4. The number of rotatable bonds is 14. The van der Waals surface area contributed by atoms with Gasteiger partial charge in [-0.25, -0.2) is 14.4 Å². The Kier molecular flexibility index (Phi) is 12.7. The highest BCUT2D eigenvalue weighted by atomic mass is 16.6. The maximum absolute atomic E-state index is 12.4. The highest BCUT2D eigenvalue weighted by molar-refractivity contribution is 5.87. The van der Waals surface area contributed by atoms with E-state index in [-0.39, 0.29) is 54.7 Å². The molecule has 0 heterocycles. The number of ether oxygens (including phenoxy) is 4. The zero-order chi connectivity index (χ0) is 27.4. The quantitative estimate of drug-likeness (QED) is 0.157. The Morgan fingerprint density at radius 1 is 0.806 bits per heavy atom. The van der Waals surface area contributed by atoms with Crippen LogP contribution in [0.2, 0.25) is 0 Å². The molecule has 2 unspecified atom stereocenters. The lowest BCUT2D eigenvalue weighted by Crippen LogP contribution is -2.44.